The van der Waals surface area contributed by atoms with Crippen molar-refractivity contribution in [3.63, 3.8) is 0 Å². The van der Waals surface area contributed by atoms with Crippen molar-refractivity contribution < 1.29 is 17.9 Å². The third-order valence-electron chi connectivity index (χ3n) is 4.53. The normalized spacial score (nSPS) is 14.8. The highest BCUT2D eigenvalue weighted by Crippen LogP contribution is 2.36. The number of nitrogens with zero attached hydrogens (tertiary/aromatic N) is 1. The molecule has 2 aromatic rings. The third kappa shape index (κ3) is 3.84. The molecule has 140 valence electrons. The first-order chi connectivity index (χ1) is 12.3. The molecule has 1 saturated carbocycles. The molecule has 0 radical (unpaired) electrons. The molecule has 0 aliphatic heterocycles. The van der Waals surface area contributed by atoms with Gasteiger partial charge in [0.15, 0.2) is 0 Å². The summed E-state index contributed by atoms with van der Waals surface area (Å²) in [5.74, 6) is -0.184. The van der Waals surface area contributed by atoms with E-state index < -0.39 is 16.0 Å². The minimum absolute atomic E-state index is 0.00447. The lowest BCUT2D eigenvalue weighted by Gasteiger charge is -2.22. The second kappa shape index (κ2) is 7.50. The second-order valence-corrected chi connectivity index (χ2v) is 9.56. The Morgan fingerprint density at radius 1 is 1.23 bits per heavy atom. The summed E-state index contributed by atoms with van der Waals surface area (Å²) in [7, 11) is -2.50. The molecule has 5 nitrogen and oxygen atoms in total. The molecule has 1 aromatic heterocycles. The van der Waals surface area contributed by atoms with E-state index >= 15 is 0 Å². The van der Waals surface area contributed by atoms with E-state index in [-0.39, 0.29) is 15.8 Å². The fourth-order valence-electron chi connectivity index (χ4n) is 2.83. The van der Waals surface area contributed by atoms with Crippen molar-refractivity contribution in [2.24, 2.45) is 0 Å². The van der Waals surface area contributed by atoms with Gasteiger partial charge in [-0.3, -0.25) is 0 Å². The molecule has 0 saturated heterocycles. The maximum absolute atomic E-state index is 13.2. The van der Waals surface area contributed by atoms with E-state index in [1.807, 2.05) is 24.3 Å². The number of hydrogen-bond donors (Lipinski definition) is 0. The Kier molecular flexibility index (Phi) is 5.50. The van der Waals surface area contributed by atoms with Crippen LogP contribution in [-0.4, -0.2) is 31.8 Å². The predicted molar refractivity (Wildman–Crippen MR) is 102 cm³/mol. The van der Waals surface area contributed by atoms with Gasteiger partial charge in [-0.1, -0.05) is 38.1 Å². The first-order valence-corrected chi connectivity index (χ1v) is 10.9. The van der Waals surface area contributed by atoms with Crippen LogP contribution in [-0.2, 0) is 21.3 Å². The molecule has 0 amide bonds. The molecule has 1 aliphatic rings. The Bertz CT molecular complexity index is 881. The van der Waals surface area contributed by atoms with Crippen molar-refractivity contribution >= 4 is 27.3 Å². The quantitative estimate of drug-likeness (QED) is 0.667. The number of benzene rings is 1. The summed E-state index contributed by atoms with van der Waals surface area (Å²) >= 11 is 1.09. The van der Waals surface area contributed by atoms with E-state index in [9.17, 15) is 13.2 Å². The topological polar surface area (TPSA) is 63.7 Å². The van der Waals surface area contributed by atoms with Gasteiger partial charge < -0.3 is 4.74 Å². The number of ether oxygens (including phenoxy) is 1. The summed E-state index contributed by atoms with van der Waals surface area (Å²) in [6.45, 7) is 4.56. The molecule has 1 fully saturated rings. The molecule has 0 unspecified atom stereocenters. The summed E-state index contributed by atoms with van der Waals surface area (Å²) in [5, 5.41) is 1.61. The van der Waals surface area contributed by atoms with Crippen LogP contribution in [0, 0.1) is 0 Å². The van der Waals surface area contributed by atoms with Crippen LogP contribution in [0.4, 0.5) is 0 Å². The maximum Gasteiger partial charge on any atom is 0.349 e. The summed E-state index contributed by atoms with van der Waals surface area (Å²) in [5.41, 5.74) is 2.17. The number of methoxy groups -OCH3 is 1. The highest BCUT2D eigenvalue weighted by molar-refractivity contribution is 7.89. The van der Waals surface area contributed by atoms with Crippen molar-refractivity contribution in [2.45, 2.75) is 50.1 Å². The number of carbonyl (C=O) groups excluding carboxylic acids is 1. The van der Waals surface area contributed by atoms with Gasteiger partial charge in [0.2, 0.25) is 10.0 Å². The molecule has 0 spiro atoms. The highest BCUT2D eigenvalue weighted by atomic mass is 32.2. The van der Waals surface area contributed by atoms with Gasteiger partial charge in [0.1, 0.15) is 9.77 Å². The van der Waals surface area contributed by atoms with Crippen molar-refractivity contribution in [3.8, 4) is 0 Å². The maximum atomic E-state index is 13.2. The van der Waals surface area contributed by atoms with Crippen LogP contribution in [0.3, 0.4) is 0 Å². The standard InChI is InChI=1S/C19H23NO4S2/c1-13(2)15-6-4-14(5-7-15)12-20(16-8-9-16)26(22,23)17-10-11-25-18(17)19(21)24-3/h4-7,10-11,13,16H,8-9,12H2,1-3H3. The zero-order valence-corrected chi connectivity index (χ0v) is 16.8. The van der Waals surface area contributed by atoms with Gasteiger partial charge >= 0.3 is 5.97 Å². The van der Waals surface area contributed by atoms with E-state index in [4.69, 9.17) is 4.74 Å². The molecular formula is C19H23NO4S2. The lowest BCUT2D eigenvalue weighted by molar-refractivity contribution is 0.0602. The summed E-state index contributed by atoms with van der Waals surface area (Å²) in [4.78, 5) is 12.1. The van der Waals surface area contributed by atoms with Crippen LogP contribution in [0.15, 0.2) is 40.6 Å². The fourth-order valence-corrected chi connectivity index (χ4v) is 5.81. The average Bonchev–Trinajstić information content (AvgIpc) is 3.33. The number of sulfonamides is 1. The molecule has 1 heterocycles. The monoisotopic (exact) mass is 393 g/mol. The first kappa shape index (κ1) is 19.1. The van der Waals surface area contributed by atoms with Crippen molar-refractivity contribution in [3.05, 3.63) is 51.7 Å². The van der Waals surface area contributed by atoms with E-state index in [1.165, 1.54) is 23.0 Å². The van der Waals surface area contributed by atoms with Crippen LogP contribution in [0.25, 0.3) is 0 Å². The molecule has 0 atom stereocenters. The van der Waals surface area contributed by atoms with Crippen LogP contribution in [0.5, 0.6) is 0 Å². The van der Waals surface area contributed by atoms with Gasteiger partial charge in [0.25, 0.3) is 0 Å². The van der Waals surface area contributed by atoms with E-state index in [2.05, 4.69) is 13.8 Å². The largest absolute Gasteiger partial charge is 0.465 e. The highest BCUT2D eigenvalue weighted by Gasteiger charge is 2.40. The number of rotatable bonds is 7. The Hall–Kier alpha value is -1.70. The van der Waals surface area contributed by atoms with Gasteiger partial charge in [-0.05, 0) is 41.3 Å². The van der Waals surface area contributed by atoms with Crippen molar-refractivity contribution in [1.29, 1.82) is 0 Å². The summed E-state index contributed by atoms with van der Waals surface area (Å²) in [6.07, 6.45) is 1.70. The molecule has 3 rings (SSSR count). The minimum atomic E-state index is -3.76. The van der Waals surface area contributed by atoms with E-state index in [1.54, 1.807) is 5.38 Å². The third-order valence-corrected chi connectivity index (χ3v) is 7.49. The van der Waals surface area contributed by atoms with E-state index in [0.29, 0.717) is 12.5 Å². The van der Waals surface area contributed by atoms with E-state index in [0.717, 1.165) is 29.7 Å². The van der Waals surface area contributed by atoms with Gasteiger partial charge in [-0.2, -0.15) is 4.31 Å². The summed E-state index contributed by atoms with van der Waals surface area (Å²) < 4.78 is 32.7. The number of thiophene rings is 1. The van der Waals surface area contributed by atoms with Crippen LogP contribution >= 0.6 is 11.3 Å². The second-order valence-electron chi connectivity index (χ2n) is 6.78. The van der Waals surface area contributed by atoms with Gasteiger partial charge in [0.05, 0.1) is 7.11 Å². The van der Waals surface area contributed by atoms with Crippen LogP contribution in [0.2, 0.25) is 0 Å². The van der Waals surface area contributed by atoms with Crippen LogP contribution in [0.1, 0.15) is 53.4 Å². The Morgan fingerprint density at radius 2 is 1.88 bits per heavy atom. The number of hydrogen-bond acceptors (Lipinski definition) is 5. The van der Waals surface area contributed by atoms with Gasteiger partial charge in [0, 0.05) is 12.6 Å². The fraction of sp³-hybridized carbons (Fsp3) is 0.421. The SMILES string of the molecule is COC(=O)c1sccc1S(=O)(=O)N(Cc1ccc(C(C)C)cc1)C1CC1. The molecule has 1 aliphatic carbocycles. The van der Waals surface area contributed by atoms with Gasteiger partial charge in [-0.25, -0.2) is 13.2 Å². The minimum Gasteiger partial charge on any atom is -0.465 e. The Labute approximate surface area is 158 Å². The Morgan fingerprint density at radius 3 is 2.42 bits per heavy atom. The van der Waals surface area contributed by atoms with Crippen LogP contribution < -0.4 is 0 Å². The molecule has 1 aromatic carbocycles. The van der Waals surface area contributed by atoms with Crippen molar-refractivity contribution in [1.82, 2.24) is 4.31 Å². The smallest absolute Gasteiger partial charge is 0.349 e. The summed E-state index contributed by atoms with van der Waals surface area (Å²) in [6, 6.07) is 9.54. The molecule has 0 N–H and O–H groups in total. The molecule has 0 bridgehead atoms. The lowest BCUT2D eigenvalue weighted by atomic mass is 10.0. The Balaban J connectivity index is 1.90. The molecule has 7 heteroatoms. The number of esters is 1. The molecular weight excluding hydrogens is 370 g/mol. The zero-order valence-electron chi connectivity index (χ0n) is 15.1. The lowest BCUT2D eigenvalue weighted by Crippen LogP contribution is -2.33. The zero-order chi connectivity index (χ0) is 18.9. The first-order valence-electron chi connectivity index (χ1n) is 8.61. The molecule has 26 heavy (non-hydrogen) atoms. The van der Waals surface area contributed by atoms with Crippen molar-refractivity contribution in [2.75, 3.05) is 7.11 Å². The number of carbonyl (C=O) groups is 1. The average molecular weight is 394 g/mol. The predicted octanol–water partition coefficient (Wildman–Crippen LogP) is 4.01. The van der Waals surface area contributed by atoms with Gasteiger partial charge in [-0.15, -0.1) is 11.3 Å².